The normalized spacial score (nSPS) is 13.5. The number of carbonyl (C=O) groups excluding carboxylic acids is 1. The summed E-state index contributed by atoms with van der Waals surface area (Å²) in [6.45, 7) is 3.99. The van der Waals surface area contributed by atoms with Crippen molar-refractivity contribution in [2.24, 2.45) is 5.10 Å². The molecule has 5 rings (SSSR count). The number of rotatable bonds is 11. The SMILES string of the molecule is COc1ccc(C=NNC(=O)c2c(CN3CCCC3)nnn2-c2nonc2N)cc1COc1ccc([N+](=O)[O-])c(C)c1. The monoisotopic (exact) mass is 576 g/mol. The third kappa shape index (κ3) is 6.17. The van der Waals surface area contributed by atoms with E-state index in [1.807, 2.05) is 0 Å². The Morgan fingerprint density at radius 3 is 2.74 bits per heavy atom. The van der Waals surface area contributed by atoms with Crippen LogP contribution in [0.3, 0.4) is 0 Å². The molecule has 2 aromatic heterocycles. The zero-order valence-corrected chi connectivity index (χ0v) is 22.9. The molecule has 0 unspecified atom stereocenters. The van der Waals surface area contributed by atoms with Crippen molar-refractivity contribution in [1.29, 1.82) is 0 Å². The minimum Gasteiger partial charge on any atom is -0.496 e. The highest BCUT2D eigenvalue weighted by atomic mass is 16.6. The Labute approximate surface area is 239 Å². The lowest BCUT2D eigenvalue weighted by Crippen LogP contribution is -2.26. The van der Waals surface area contributed by atoms with Crippen LogP contribution in [0.5, 0.6) is 11.5 Å². The molecule has 0 spiro atoms. The lowest BCUT2D eigenvalue weighted by atomic mass is 10.1. The van der Waals surface area contributed by atoms with Crippen LogP contribution in [0.1, 0.15) is 45.7 Å². The van der Waals surface area contributed by atoms with Crippen molar-refractivity contribution in [2.45, 2.75) is 32.9 Å². The number of aryl methyl sites for hydroxylation is 1. The van der Waals surface area contributed by atoms with E-state index in [0.29, 0.717) is 40.4 Å². The number of nitro benzene ring substituents is 1. The maximum Gasteiger partial charge on any atom is 0.292 e. The zero-order chi connectivity index (χ0) is 29.6. The van der Waals surface area contributed by atoms with Crippen LogP contribution in [0.15, 0.2) is 46.1 Å². The summed E-state index contributed by atoms with van der Waals surface area (Å²) in [4.78, 5) is 26.1. The predicted molar refractivity (Wildman–Crippen MR) is 148 cm³/mol. The van der Waals surface area contributed by atoms with Gasteiger partial charge in [-0.25, -0.2) is 10.1 Å². The summed E-state index contributed by atoms with van der Waals surface area (Å²) in [5, 5.41) is 30.8. The van der Waals surface area contributed by atoms with Gasteiger partial charge < -0.3 is 15.2 Å². The number of nitrogen functional groups attached to an aromatic ring is 1. The number of benzene rings is 2. The van der Waals surface area contributed by atoms with E-state index in [2.05, 4.69) is 40.7 Å². The lowest BCUT2D eigenvalue weighted by molar-refractivity contribution is -0.385. The summed E-state index contributed by atoms with van der Waals surface area (Å²) in [5.41, 5.74) is 10.8. The zero-order valence-electron chi connectivity index (χ0n) is 22.9. The van der Waals surface area contributed by atoms with Gasteiger partial charge in [-0.2, -0.15) is 9.78 Å². The topological polar surface area (TPSA) is 202 Å². The van der Waals surface area contributed by atoms with E-state index in [9.17, 15) is 14.9 Å². The minimum absolute atomic E-state index is 0.0170. The van der Waals surface area contributed by atoms with Gasteiger partial charge in [0.25, 0.3) is 11.6 Å². The molecule has 0 aliphatic carbocycles. The number of nitro groups is 1. The van der Waals surface area contributed by atoms with Crippen molar-refractivity contribution >= 4 is 23.6 Å². The maximum atomic E-state index is 13.3. The van der Waals surface area contributed by atoms with E-state index < -0.39 is 10.8 Å². The molecule has 1 amide bonds. The second-order valence-electron chi connectivity index (χ2n) is 9.52. The molecule has 42 heavy (non-hydrogen) atoms. The lowest BCUT2D eigenvalue weighted by Gasteiger charge is -2.13. The largest absolute Gasteiger partial charge is 0.496 e. The van der Waals surface area contributed by atoms with Crippen LogP contribution in [0, 0.1) is 17.0 Å². The highest BCUT2D eigenvalue weighted by Gasteiger charge is 2.27. The molecule has 3 N–H and O–H groups in total. The van der Waals surface area contributed by atoms with Crippen molar-refractivity contribution in [3.8, 4) is 17.3 Å². The molecule has 16 heteroatoms. The molecule has 0 saturated carbocycles. The fourth-order valence-corrected chi connectivity index (χ4v) is 4.58. The first-order valence-corrected chi connectivity index (χ1v) is 13.0. The molecule has 1 aliphatic heterocycles. The summed E-state index contributed by atoms with van der Waals surface area (Å²) in [7, 11) is 1.54. The fraction of sp³-hybridized carbons (Fsp3) is 0.308. The number of likely N-dealkylation sites (tertiary alicyclic amines) is 1. The number of nitrogens with one attached hydrogen (secondary N) is 1. The van der Waals surface area contributed by atoms with E-state index in [1.54, 1.807) is 37.3 Å². The average Bonchev–Trinajstić information content (AvgIpc) is 3.73. The quantitative estimate of drug-likeness (QED) is 0.150. The second-order valence-corrected chi connectivity index (χ2v) is 9.52. The van der Waals surface area contributed by atoms with Gasteiger partial charge in [0.2, 0.25) is 11.6 Å². The van der Waals surface area contributed by atoms with Crippen LogP contribution >= 0.6 is 0 Å². The predicted octanol–water partition coefficient (Wildman–Crippen LogP) is 2.40. The molecule has 16 nitrogen and oxygen atoms in total. The molecule has 3 heterocycles. The highest BCUT2D eigenvalue weighted by Crippen LogP contribution is 2.26. The molecule has 0 atom stereocenters. The third-order valence-corrected chi connectivity index (χ3v) is 6.67. The summed E-state index contributed by atoms with van der Waals surface area (Å²) < 4.78 is 17.2. The molecule has 4 aromatic rings. The highest BCUT2D eigenvalue weighted by molar-refractivity contribution is 5.95. The first kappa shape index (κ1) is 28.2. The molecular formula is C26H28N10O6. The molecule has 0 radical (unpaired) electrons. The second kappa shape index (κ2) is 12.4. The van der Waals surface area contributed by atoms with Crippen molar-refractivity contribution in [2.75, 3.05) is 25.9 Å². The molecule has 0 bridgehead atoms. The van der Waals surface area contributed by atoms with Crippen LogP contribution in [-0.2, 0) is 13.2 Å². The number of hydrogen-bond acceptors (Lipinski definition) is 13. The summed E-state index contributed by atoms with van der Waals surface area (Å²) in [6, 6.07) is 9.85. The smallest absolute Gasteiger partial charge is 0.292 e. The van der Waals surface area contributed by atoms with E-state index in [-0.39, 0.29) is 29.6 Å². The van der Waals surface area contributed by atoms with Crippen molar-refractivity contribution < 1.29 is 23.8 Å². The number of nitrogens with zero attached hydrogens (tertiary/aromatic N) is 8. The first-order chi connectivity index (χ1) is 20.3. The molecule has 218 valence electrons. The Morgan fingerprint density at radius 2 is 2.05 bits per heavy atom. The number of nitrogens with two attached hydrogens (primary N) is 1. The van der Waals surface area contributed by atoms with Gasteiger partial charge in [-0.05, 0) is 79.1 Å². The first-order valence-electron chi connectivity index (χ1n) is 13.0. The standard InChI is InChI=1S/C26H28N10O6/c1-16-11-19(6-7-21(16)36(38)39)41-15-18-12-17(5-8-22(18)40-2)13-28-30-26(37)23-20(14-34-9-3-4-10-34)29-33-35(23)25-24(27)31-42-32-25/h5-8,11-13H,3-4,9-10,14-15H2,1-2H3,(H2,27,31)(H,30,37). The number of aromatic nitrogens is 5. The van der Waals surface area contributed by atoms with Gasteiger partial charge in [-0.1, -0.05) is 5.21 Å². The summed E-state index contributed by atoms with van der Waals surface area (Å²) >= 11 is 0. The minimum atomic E-state index is -0.571. The van der Waals surface area contributed by atoms with E-state index in [0.717, 1.165) is 25.9 Å². The number of ether oxygens (including phenoxy) is 2. The van der Waals surface area contributed by atoms with Gasteiger partial charge in [-0.3, -0.25) is 19.8 Å². The summed E-state index contributed by atoms with van der Waals surface area (Å²) in [5.74, 6) is 0.493. The maximum absolute atomic E-state index is 13.3. The van der Waals surface area contributed by atoms with Crippen LogP contribution in [0.2, 0.25) is 0 Å². The van der Waals surface area contributed by atoms with Crippen molar-refractivity contribution in [1.82, 2.24) is 35.6 Å². The van der Waals surface area contributed by atoms with E-state index in [1.165, 1.54) is 24.1 Å². The Kier molecular flexibility index (Phi) is 8.33. The van der Waals surface area contributed by atoms with Crippen molar-refractivity contribution in [3.05, 3.63) is 74.6 Å². The number of carbonyl (C=O) groups is 1. The summed E-state index contributed by atoms with van der Waals surface area (Å²) in [6.07, 6.45) is 3.61. The van der Waals surface area contributed by atoms with E-state index in [4.69, 9.17) is 15.2 Å². The Balaban J connectivity index is 1.31. The number of amides is 1. The molecule has 1 fully saturated rings. The number of hydrazone groups is 1. The Morgan fingerprint density at radius 1 is 1.24 bits per heavy atom. The van der Waals surface area contributed by atoms with Gasteiger partial charge in [0.1, 0.15) is 23.8 Å². The Hall–Kier alpha value is -5.38. The number of methoxy groups -OCH3 is 1. The molecule has 1 saturated heterocycles. The molecule has 1 aliphatic rings. The average molecular weight is 577 g/mol. The molecule has 2 aromatic carbocycles. The third-order valence-electron chi connectivity index (χ3n) is 6.67. The van der Waals surface area contributed by atoms with Crippen LogP contribution in [-0.4, -0.2) is 67.5 Å². The number of anilines is 1. The Bertz CT molecular complexity index is 1630. The van der Waals surface area contributed by atoms with Gasteiger partial charge in [0.05, 0.1) is 18.2 Å². The van der Waals surface area contributed by atoms with Gasteiger partial charge in [0, 0.05) is 23.7 Å². The van der Waals surface area contributed by atoms with Gasteiger partial charge in [-0.15, -0.1) is 5.10 Å². The van der Waals surface area contributed by atoms with Crippen LogP contribution < -0.4 is 20.6 Å². The van der Waals surface area contributed by atoms with Gasteiger partial charge >= 0.3 is 0 Å². The van der Waals surface area contributed by atoms with Crippen LogP contribution in [0.4, 0.5) is 11.5 Å². The molecular weight excluding hydrogens is 548 g/mol. The van der Waals surface area contributed by atoms with E-state index >= 15 is 0 Å². The van der Waals surface area contributed by atoms with Gasteiger partial charge in [0.15, 0.2) is 5.69 Å². The van der Waals surface area contributed by atoms with Crippen LogP contribution in [0.25, 0.3) is 5.82 Å². The van der Waals surface area contributed by atoms with Crippen molar-refractivity contribution in [3.63, 3.8) is 0 Å². The fourth-order valence-electron chi connectivity index (χ4n) is 4.58. The number of hydrogen-bond donors (Lipinski definition) is 2.